The zero-order valence-corrected chi connectivity index (χ0v) is 28.9. The molecule has 3 saturated heterocycles. The highest BCUT2D eigenvalue weighted by Gasteiger charge is 2.80. The minimum atomic E-state index is -1.30. The summed E-state index contributed by atoms with van der Waals surface area (Å²) in [6, 6.07) is 12.6. The second-order valence-corrected chi connectivity index (χ2v) is 13.5. The van der Waals surface area contributed by atoms with Crippen molar-refractivity contribution in [1.82, 2.24) is 4.90 Å². The predicted octanol–water partition coefficient (Wildman–Crippen LogP) is 4.86. The molecule has 0 aromatic heterocycles. The van der Waals surface area contributed by atoms with E-state index in [1.54, 1.807) is 53.3 Å². The van der Waals surface area contributed by atoms with Crippen LogP contribution in [0.5, 0.6) is 11.5 Å². The number of methoxy groups -OCH3 is 1. The Morgan fingerprint density at radius 1 is 1.02 bits per heavy atom. The normalized spacial score (nSPS) is 27.8. The number of likely N-dealkylation sites (tertiary alicyclic amines) is 1. The molecule has 1 spiro atoms. The highest BCUT2D eigenvalue weighted by atomic mass is 16.5. The number of hydrogen-bond donors (Lipinski definition) is 1. The van der Waals surface area contributed by atoms with Crippen molar-refractivity contribution < 1.29 is 33.7 Å². The molecule has 3 amide bonds. The summed E-state index contributed by atoms with van der Waals surface area (Å²) < 4.78 is 18.0. The van der Waals surface area contributed by atoms with Crippen molar-refractivity contribution in [2.75, 3.05) is 43.2 Å². The molecular weight excluding hydrogens is 610 g/mol. The fraction of sp³-hybridized carbons (Fsp3) is 0.500. The number of aliphatic hydroxyl groups is 1. The number of carbonyl (C=O) groups excluding carboxylic acids is 3. The minimum Gasteiger partial charge on any atom is -0.497 e. The van der Waals surface area contributed by atoms with Gasteiger partial charge in [0.25, 0.3) is 5.91 Å². The van der Waals surface area contributed by atoms with Crippen LogP contribution in [-0.4, -0.2) is 84.4 Å². The third kappa shape index (κ3) is 5.58. The quantitative estimate of drug-likeness (QED) is 0.289. The van der Waals surface area contributed by atoms with Crippen LogP contribution in [0, 0.1) is 23.7 Å². The van der Waals surface area contributed by atoms with Gasteiger partial charge in [-0.1, -0.05) is 32.9 Å². The zero-order chi connectivity index (χ0) is 35.0. The van der Waals surface area contributed by atoms with Gasteiger partial charge in [0.2, 0.25) is 11.8 Å². The number of anilines is 2. The first-order valence-electron chi connectivity index (χ1n) is 16.8. The van der Waals surface area contributed by atoms with Gasteiger partial charge in [-0.3, -0.25) is 14.4 Å². The van der Waals surface area contributed by atoms with Gasteiger partial charge >= 0.3 is 0 Å². The van der Waals surface area contributed by atoms with E-state index in [1.807, 2.05) is 58.9 Å². The Hall–Kier alpha value is -4.15. The van der Waals surface area contributed by atoms with Crippen LogP contribution in [0.3, 0.4) is 0 Å². The second kappa shape index (κ2) is 13.8. The van der Waals surface area contributed by atoms with E-state index in [9.17, 15) is 14.7 Å². The van der Waals surface area contributed by atoms with Crippen molar-refractivity contribution >= 4 is 29.1 Å². The van der Waals surface area contributed by atoms with E-state index in [-0.39, 0.29) is 49.3 Å². The smallest absolute Gasteiger partial charge is 0.253 e. The minimum absolute atomic E-state index is 0.155. The molecule has 3 heterocycles. The van der Waals surface area contributed by atoms with E-state index in [0.29, 0.717) is 35.9 Å². The van der Waals surface area contributed by atoms with E-state index in [1.165, 1.54) is 4.90 Å². The van der Waals surface area contributed by atoms with Gasteiger partial charge in [0, 0.05) is 24.5 Å². The monoisotopic (exact) mass is 659 g/mol. The van der Waals surface area contributed by atoms with Crippen molar-refractivity contribution in [3.8, 4) is 11.5 Å². The van der Waals surface area contributed by atoms with Crippen LogP contribution < -0.4 is 19.3 Å². The van der Waals surface area contributed by atoms with Crippen LogP contribution in [0.1, 0.15) is 41.0 Å². The molecule has 3 unspecified atom stereocenters. The molecule has 5 rings (SSSR count). The van der Waals surface area contributed by atoms with Crippen molar-refractivity contribution in [2.45, 2.75) is 64.3 Å². The summed E-state index contributed by atoms with van der Waals surface area (Å²) >= 11 is 0. The molecule has 2 aromatic carbocycles. The fourth-order valence-electron chi connectivity index (χ4n) is 8.18. The summed E-state index contributed by atoms with van der Waals surface area (Å²) in [5.41, 5.74) is -1.08. The lowest BCUT2D eigenvalue weighted by atomic mass is 9.62. The first-order valence-corrected chi connectivity index (χ1v) is 16.8. The van der Waals surface area contributed by atoms with Crippen molar-refractivity contribution in [2.24, 2.45) is 23.7 Å². The van der Waals surface area contributed by atoms with E-state index < -0.39 is 35.1 Å². The van der Waals surface area contributed by atoms with Crippen LogP contribution >= 0.6 is 0 Å². The molecule has 1 N–H and O–H groups in total. The Balaban J connectivity index is 1.63. The zero-order valence-electron chi connectivity index (χ0n) is 28.9. The van der Waals surface area contributed by atoms with E-state index in [4.69, 9.17) is 14.2 Å². The molecule has 258 valence electrons. The Labute approximate surface area is 283 Å². The standard InChI is InChI=1S/C38H49N3O7/c1-9-20-39(26-14-18-29(19-15-26)47-11-3)34(43)31-32-35(44)41(30(23-42)24(4)5)33(38(32)22-25(6)37(31,7)48-38)36(45)40(21-10-2)27-12-16-28(46-8)17-13-27/h9-10,12-19,24-25,30-33,42H,1-2,11,20-23H2,3-8H3/t25?,30-,31-,32-,33?,37+,38?/m0/s1. The van der Waals surface area contributed by atoms with E-state index >= 15 is 4.79 Å². The topological polar surface area (TPSA) is 109 Å². The molecule has 3 aliphatic heterocycles. The lowest BCUT2D eigenvalue weighted by molar-refractivity contribution is -0.150. The molecule has 0 saturated carbocycles. The maximum atomic E-state index is 15.0. The summed E-state index contributed by atoms with van der Waals surface area (Å²) in [6.07, 6.45) is 3.70. The number of amides is 3. The number of benzene rings is 2. The van der Waals surface area contributed by atoms with Crippen LogP contribution in [0.25, 0.3) is 0 Å². The Bertz CT molecular complexity index is 1530. The molecule has 3 fully saturated rings. The Kier molecular flexibility index (Phi) is 10.1. The summed E-state index contributed by atoms with van der Waals surface area (Å²) in [5.74, 6) is -1.82. The third-order valence-electron chi connectivity index (χ3n) is 10.6. The number of rotatable bonds is 14. The number of aliphatic hydroxyl groups excluding tert-OH is 1. The molecule has 2 aromatic rings. The van der Waals surface area contributed by atoms with Gasteiger partial charge in [0.15, 0.2) is 0 Å². The van der Waals surface area contributed by atoms with E-state index in [2.05, 4.69) is 13.2 Å². The molecule has 0 radical (unpaired) electrons. The highest BCUT2D eigenvalue weighted by molar-refractivity contribution is 6.07. The third-order valence-corrected chi connectivity index (χ3v) is 10.6. The Morgan fingerprint density at radius 3 is 2.04 bits per heavy atom. The van der Waals surface area contributed by atoms with Crippen molar-refractivity contribution in [3.05, 3.63) is 73.8 Å². The molecular formula is C38H49N3O7. The van der Waals surface area contributed by atoms with Gasteiger partial charge in [0.1, 0.15) is 23.1 Å². The number of hydrogen-bond acceptors (Lipinski definition) is 7. The molecule has 2 bridgehead atoms. The second-order valence-electron chi connectivity index (χ2n) is 13.5. The first kappa shape index (κ1) is 35.2. The molecule has 7 atom stereocenters. The van der Waals surface area contributed by atoms with Crippen LogP contribution in [0.15, 0.2) is 73.8 Å². The summed E-state index contributed by atoms with van der Waals surface area (Å²) in [6.45, 7) is 18.0. The van der Waals surface area contributed by atoms with Crippen molar-refractivity contribution in [1.29, 1.82) is 0 Å². The number of ether oxygens (including phenoxy) is 3. The lowest BCUT2D eigenvalue weighted by Crippen LogP contribution is -2.60. The average molecular weight is 660 g/mol. The van der Waals surface area contributed by atoms with Crippen LogP contribution in [-0.2, 0) is 19.1 Å². The number of carbonyl (C=O) groups is 3. The van der Waals surface area contributed by atoms with Gasteiger partial charge in [-0.2, -0.15) is 0 Å². The van der Waals surface area contributed by atoms with Gasteiger partial charge in [-0.15, -0.1) is 13.2 Å². The predicted molar refractivity (Wildman–Crippen MR) is 185 cm³/mol. The number of fused-ring (bicyclic) bond motifs is 1. The summed E-state index contributed by atoms with van der Waals surface area (Å²) in [5, 5.41) is 10.7. The molecule has 10 nitrogen and oxygen atoms in total. The molecule has 3 aliphatic rings. The van der Waals surface area contributed by atoms with Gasteiger partial charge < -0.3 is 34.0 Å². The summed E-state index contributed by atoms with van der Waals surface area (Å²) in [7, 11) is 1.57. The first-order chi connectivity index (χ1) is 22.9. The largest absolute Gasteiger partial charge is 0.497 e. The van der Waals surface area contributed by atoms with Crippen LogP contribution in [0.2, 0.25) is 0 Å². The van der Waals surface area contributed by atoms with E-state index in [0.717, 1.165) is 0 Å². The number of nitrogens with zero attached hydrogens (tertiary/aromatic N) is 3. The highest BCUT2D eigenvalue weighted by Crippen LogP contribution is 2.66. The fourth-order valence-corrected chi connectivity index (χ4v) is 8.18. The molecule has 48 heavy (non-hydrogen) atoms. The van der Waals surface area contributed by atoms with Crippen molar-refractivity contribution in [3.63, 3.8) is 0 Å². The van der Waals surface area contributed by atoms with Gasteiger partial charge in [0.05, 0.1) is 43.8 Å². The van der Waals surface area contributed by atoms with Gasteiger partial charge in [-0.05, 0) is 80.6 Å². The van der Waals surface area contributed by atoms with Gasteiger partial charge in [-0.25, -0.2) is 0 Å². The average Bonchev–Trinajstić information content (AvgIpc) is 3.59. The van der Waals surface area contributed by atoms with Crippen LogP contribution in [0.4, 0.5) is 11.4 Å². The summed E-state index contributed by atoms with van der Waals surface area (Å²) in [4.78, 5) is 49.5. The maximum absolute atomic E-state index is 15.0. The maximum Gasteiger partial charge on any atom is 0.253 e. The SMILES string of the molecule is C=CCN(C(=O)C1N([C@@H](CO)C(C)C)C(=O)[C@@H]2[C@@H](C(=O)N(CC=C)c3ccc(OCC)cc3)[C@]3(C)OC12CC3C)c1ccc(OC)cc1. The Morgan fingerprint density at radius 2 is 1.56 bits per heavy atom. The lowest BCUT2D eigenvalue weighted by Gasteiger charge is -2.40. The molecule has 0 aliphatic carbocycles. The molecule has 10 heteroatoms.